The van der Waals surface area contributed by atoms with Crippen LogP contribution >= 0.6 is 0 Å². The zero-order chi connectivity index (χ0) is 18.5. The average Bonchev–Trinajstić information content (AvgIpc) is 3.03. The quantitative estimate of drug-likeness (QED) is 0.712. The van der Waals surface area contributed by atoms with Crippen LogP contribution in [-0.4, -0.2) is 23.5 Å². The highest BCUT2D eigenvalue weighted by Gasteiger charge is 2.10. The Hall–Kier alpha value is -3.28. The molecular formula is C20H21N3O3. The van der Waals surface area contributed by atoms with E-state index in [1.807, 2.05) is 36.5 Å². The Kier molecular flexibility index (Phi) is 5.22. The Morgan fingerprint density at radius 2 is 1.88 bits per heavy atom. The van der Waals surface area contributed by atoms with E-state index >= 15 is 0 Å². The van der Waals surface area contributed by atoms with Crippen molar-refractivity contribution in [2.24, 2.45) is 0 Å². The van der Waals surface area contributed by atoms with Gasteiger partial charge >= 0.3 is 0 Å². The number of nitrogens with one attached hydrogen (secondary N) is 2. The first-order valence-corrected chi connectivity index (χ1v) is 8.36. The number of carbonyl (C=O) groups is 2. The normalized spacial score (nSPS) is 10.5. The second-order valence-corrected chi connectivity index (χ2v) is 5.96. The number of anilines is 2. The molecule has 0 saturated heterocycles. The monoisotopic (exact) mass is 351 g/mol. The number of rotatable bonds is 6. The predicted octanol–water partition coefficient (Wildman–Crippen LogP) is 3.64. The molecule has 0 aliphatic heterocycles. The first-order chi connectivity index (χ1) is 12.6. The highest BCUT2D eigenvalue weighted by Crippen LogP contribution is 2.28. The van der Waals surface area contributed by atoms with Crippen LogP contribution in [0.3, 0.4) is 0 Å². The summed E-state index contributed by atoms with van der Waals surface area (Å²) in [6.45, 7) is 2.01. The van der Waals surface area contributed by atoms with Crippen LogP contribution in [0.2, 0.25) is 0 Å². The largest absolute Gasteiger partial charge is 0.495 e. The summed E-state index contributed by atoms with van der Waals surface area (Å²) in [5, 5.41) is 6.70. The molecule has 2 amide bonds. The van der Waals surface area contributed by atoms with Crippen LogP contribution in [0.25, 0.3) is 10.9 Å². The average molecular weight is 351 g/mol. The van der Waals surface area contributed by atoms with Gasteiger partial charge in [-0.3, -0.25) is 9.59 Å². The number of aryl methyl sites for hydroxylation is 1. The van der Waals surface area contributed by atoms with E-state index < -0.39 is 0 Å². The predicted molar refractivity (Wildman–Crippen MR) is 102 cm³/mol. The molecule has 1 aromatic heterocycles. The van der Waals surface area contributed by atoms with Crippen molar-refractivity contribution >= 4 is 34.1 Å². The number of hydrogen-bond acceptors (Lipinski definition) is 3. The van der Waals surface area contributed by atoms with Gasteiger partial charge in [-0.15, -0.1) is 0 Å². The van der Waals surface area contributed by atoms with E-state index in [0.717, 1.165) is 10.9 Å². The van der Waals surface area contributed by atoms with E-state index in [-0.39, 0.29) is 11.8 Å². The molecule has 3 rings (SSSR count). The van der Waals surface area contributed by atoms with Gasteiger partial charge in [-0.25, -0.2) is 0 Å². The number of hydrogen-bond donors (Lipinski definition) is 2. The maximum atomic E-state index is 12.4. The number of nitrogens with zero attached hydrogens (tertiary/aromatic N) is 1. The number of ether oxygens (including phenoxy) is 1. The minimum Gasteiger partial charge on any atom is -0.495 e. The highest BCUT2D eigenvalue weighted by atomic mass is 16.5. The Bertz CT molecular complexity index is 946. The van der Waals surface area contributed by atoms with Crippen molar-refractivity contribution in [2.45, 2.75) is 19.9 Å². The number of fused-ring (bicyclic) bond motifs is 1. The molecule has 6 heteroatoms. The molecule has 0 atom stereocenters. The molecule has 0 bridgehead atoms. The molecule has 2 aromatic carbocycles. The van der Waals surface area contributed by atoms with Gasteiger partial charge < -0.3 is 19.9 Å². The fraction of sp³-hybridized carbons (Fsp3) is 0.200. The Labute approximate surface area is 151 Å². The topological polar surface area (TPSA) is 72.4 Å². The van der Waals surface area contributed by atoms with Gasteiger partial charge in [0.15, 0.2) is 0 Å². The maximum absolute atomic E-state index is 12.4. The van der Waals surface area contributed by atoms with Crippen molar-refractivity contribution < 1.29 is 14.3 Å². The number of amides is 2. The standard InChI is InChI=1S/C20H21N3O3/c1-14(24)21-16-7-8-19(26-2)17(13-16)22-20(25)10-12-23-11-9-15-5-3-4-6-18(15)23/h3-9,11,13H,10,12H2,1-2H3,(H,21,24)(H,22,25). The number of carbonyl (C=O) groups excluding carboxylic acids is 2. The zero-order valence-electron chi connectivity index (χ0n) is 14.8. The number of methoxy groups -OCH3 is 1. The fourth-order valence-electron chi connectivity index (χ4n) is 2.86. The summed E-state index contributed by atoms with van der Waals surface area (Å²) in [6, 6.07) is 15.2. The van der Waals surface area contributed by atoms with Crippen LogP contribution in [0.4, 0.5) is 11.4 Å². The van der Waals surface area contributed by atoms with Crippen molar-refractivity contribution in [3.63, 3.8) is 0 Å². The lowest BCUT2D eigenvalue weighted by Crippen LogP contribution is -2.15. The minimum atomic E-state index is -0.174. The minimum absolute atomic E-state index is 0.124. The number of aromatic nitrogens is 1. The van der Waals surface area contributed by atoms with Gasteiger partial charge in [-0.1, -0.05) is 18.2 Å². The lowest BCUT2D eigenvalue weighted by atomic mass is 10.2. The molecule has 0 aliphatic carbocycles. The number of benzene rings is 2. The van der Waals surface area contributed by atoms with Gasteiger partial charge in [0.2, 0.25) is 11.8 Å². The smallest absolute Gasteiger partial charge is 0.226 e. The van der Waals surface area contributed by atoms with Crippen LogP contribution in [-0.2, 0) is 16.1 Å². The van der Waals surface area contributed by atoms with Gasteiger partial charge in [0.05, 0.1) is 12.8 Å². The molecule has 3 aromatic rings. The van der Waals surface area contributed by atoms with Gasteiger partial charge in [-0.2, -0.15) is 0 Å². The van der Waals surface area contributed by atoms with Crippen LogP contribution in [0.1, 0.15) is 13.3 Å². The van der Waals surface area contributed by atoms with Crippen LogP contribution < -0.4 is 15.4 Å². The molecule has 0 radical (unpaired) electrons. The summed E-state index contributed by atoms with van der Waals surface area (Å²) in [4.78, 5) is 23.6. The molecule has 1 heterocycles. The van der Waals surface area contributed by atoms with Crippen molar-refractivity contribution in [1.82, 2.24) is 4.57 Å². The molecule has 0 unspecified atom stereocenters. The van der Waals surface area contributed by atoms with Crippen molar-refractivity contribution in [1.29, 1.82) is 0 Å². The van der Waals surface area contributed by atoms with E-state index in [9.17, 15) is 9.59 Å². The first kappa shape index (κ1) is 17.5. The lowest BCUT2D eigenvalue weighted by Gasteiger charge is -2.13. The molecule has 26 heavy (non-hydrogen) atoms. The highest BCUT2D eigenvalue weighted by molar-refractivity contribution is 5.95. The zero-order valence-corrected chi connectivity index (χ0v) is 14.8. The summed E-state index contributed by atoms with van der Waals surface area (Å²) in [6.07, 6.45) is 2.31. The van der Waals surface area contributed by atoms with Crippen molar-refractivity contribution in [3.8, 4) is 5.75 Å². The molecule has 0 aliphatic rings. The second kappa shape index (κ2) is 7.74. The number of para-hydroxylation sites is 1. The Morgan fingerprint density at radius 3 is 2.65 bits per heavy atom. The van der Waals surface area contributed by atoms with Crippen LogP contribution in [0.15, 0.2) is 54.7 Å². The SMILES string of the molecule is COc1ccc(NC(C)=O)cc1NC(=O)CCn1ccc2ccccc21. The van der Waals surface area contributed by atoms with Gasteiger partial charge in [0, 0.05) is 37.3 Å². The van der Waals surface area contributed by atoms with E-state index in [4.69, 9.17) is 4.74 Å². The summed E-state index contributed by atoms with van der Waals surface area (Å²) < 4.78 is 7.34. The lowest BCUT2D eigenvalue weighted by molar-refractivity contribution is -0.116. The van der Waals surface area contributed by atoms with E-state index in [1.54, 1.807) is 18.2 Å². The van der Waals surface area contributed by atoms with E-state index in [0.29, 0.717) is 30.1 Å². The van der Waals surface area contributed by atoms with Gasteiger partial charge in [0.25, 0.3) is 0 Å². The molecule has 0 fully saturated rings. The van der Waals surface area contributed by atoms with E-state index in [2.05, 4.69) is 15.2 Å². The molecule has 134 valence electrons. The molecule has 6 nitrogen and oxygen atoms in total. The molecule has 0 spiro atoms. The van der Waals surface area contributed by atoms with Crippen LogP contribution in [0, 0.1) is 0 Å². The third kappa shape index (κ3) is 4.03. The summed E-state index contributed by atoms with van der Waals surface area (Å²) in [5.74, 6) is 0.242. The fourth-order valence-corrected chi connectivity index (χ4v) is 2.86. The first-order valence-electron chi connectivity index (χ1n) is 8.36. The second-order valence-electron chi connectivity index (χ2n) is 5.96. The van der Waals surface area contributed by atoms with Crippen molar-refractivity contribution in [2.75, 3.05) is 17.7 Å². The van der Waals surface area contributed by atoms with Gasteiger partial charge in [0.1, 0.15) is 5.75 Å². The summed E-state index contributed by atoms with van der Waals surface area (Å²) in [7, 11) is 1.54. The molecule has 0 saturated carbocycles. The third-order valence-corrected chi connectivity index (χ3v) is 4.05. The Morgan fingerprint density at radius 1 is 1.08 bits per heavy atom. The van der Waals surface area contributed by atoms with Crippen LogP contribution in [0.5, 0.6) is 5.75 Å². The summed E-state index contributed by atoms with van der Waals surface area (Å²) in [5.41, 5.74) is 2.23. The molecule has 2 N–H and O–H groups in total. The van der Waals surface area contributed by atoms with E-state index in [1.165, 1.54) is 14.0 Å². The summed E-state index contributed by atoms with van der Waals surface area (Å²) >= 11 is 0. The Balaban J connectivity index is 1.68. The van der Waals surface area contributed by atoms with Gasteiger partial charge in [-0.05, 0) is 35.7 Å². The third-order valence-electron chi connectivity index (χ3n) is 4.05. The molecular weight excluding hydrogens is 330 g/mol. The van der Waals surface area contributed by atoms with Crippen molar-refractivity contribution in [3.05, 3.63) is 54.7 Å². The maximum Gasteiger partial charge on any atom is 0.226 e.